The molecule has 3 rings (SSSR count). The van der Waals surface area contributed by atoms with E-state index >= 15 is 0 Å². The number of rotatable bonds is 7. The predicted molar refractivity (Wildman–Crippen MR) is 95.9 cm³/mol. The maximum atomic E-state index is 12.9. The Kier molecular flexibility index (Phi) is 5.60. The van der Waals surface area contributed by atoms with Crippen LogP contribution in [0.15, 0.2) is 69.3 Å². The zero-order valence-electron chi connectivity index (χ0n) is 13.5. The molecule has 0 amide bonds. The molecule has 9 heteroatoms. The lowest BCUT2D eigenvalue weighted by atomic mass is 10.2. The molecule has 0 saturated carbocycles. The monoisotopic (exact) mass is 394 g/mol. The van der Waals surface area contributed by atoms with Gasteiger partial charge in [-0.05, 0) is 48.5 Å². The summed E-state index contributed by atoms with van der Waals surface area (Å²) in [5, 5.41) is 5.52. The van der Waals surface area contributed by atoms with Crippen LogP contribution in [-0.4, -0.2) is 25.8 Å². The fraction of sp³-hybridized carbons (Fsp3) is 0.118. The van der Waals surface area contributed by atoms with E-state index in [0.29, 0.717) is 29.1 Å². The van der Waals surface area contributed by atoms with Crippen LogP contribution in [0.1, 0.15) is 0 Å². The Labute approximate surface area is 154 Å². The zero-order chi connectivity index (χ0) is 18.6. The van der Waals surface area contributed by atoms with Gasteiger partial charge in [-0.3, -0.25) is 0 Å². The SMILES string of the molecule is NS(=O)(=O)c1ccc(OCCSc2ncc(-c3ccc(F)cc3)o2)cc1. The molecule has 0 aliphatic carbocycles. The first-order valence-corrected chi connectivity index (χ1v) is 10.1. The lowest BCUT2D eigenvalue weighted by molar-refractivity contribution is 0.343. The Morgan fingerprint density at radius 3 is 2.46 bits per heavy atom. The highest BCUT2D eigenvalue weighted by atomic mass is 32.2. The van der Waals surface area contributed by atoms with Gasteiger partial charge < -0.3 is 9.15 Å². The fourth-order valence-corrected chi connectivity index (χ4v) is 3.22. The van der Waals surface area contributed by atoms with Crippen molar-refractivity contribution in [1.82, 2.24) is 4.98 Å². The van der Waals surface area contributed by atoms with E-state index in [1.165, 1.54) is 36.0 Å². The van der Waals surface area contributed by atoms with Gasteiger partial charge in [0.15, 0.2) is 5.76 Å². The van der Waals surface area contributed by atoms with Crippen LogP contribution in [0.25, 0.3) is 11.3 Å². The molecule has 6 nitrogen and oxygen atoms in total. The lowest BCUT2D eigenvalue weighted by Crippen LogP contribution is -2.11. The van der Waals surface area contributed by atoms with Crippen molar-refractivity contribution in [3.05, 3.63) is 60.5 Å². The molecule has 0 bridgehead atoms. The first-order valence-electron chi connectivity index (χ1n) is 7.52. The number of ether oxygens (including phenoxy) is 1. The van der Waals surface area contributed by atoms with E-state index < -0.39 is 10.0 Å². The average Bonchev–Trinajstić information content (AvgIpc) is 3.08. The molecule has 0 aliphatic rings. The van der Waals surface area contributed by atoms with Gasteiger partial charge in [0.25, 0.3) is 5.22 Å². The predicted octanol–water partition coefficient (Wildman–Crippen LogP) is 3.30. The highest BCUT2D eigenvalue weighted by Gasteiger charge is 2.08. The Bertz CT molecular complexity index is 971. The van der Waals surface area contributed by atoms with Crippen LogP contribution in [0.4, 0.5) is 4.39 Å². The minimum absolute atomic E-state index is 0.0346. The number of nitrogens with two attached hydrogens (primary N) is 1. The molecule has 2 N–H and O–H groups in total. The first-order chi connectivity index (χ1) is 12.4. The molecule has 0 atom stereocenters. The molecule has 0 aliphatic heterocycles. The summed E-state index contributed by atoms with van der Waals surface area (Å²) in [5.41, 5.74) is 0.747. The van der Waals surface area contributed by atoms with Crippen LogP contribution >= 0.6 is 11.8 Å². The summed E-state index contributed by atoms with van der Waals surface area (Å²) in [6.07, 6.45) is 1.59. The molecule has 1 aromatic heterocycles. The van der Waals surface area contributed by atoms with E-state index in [4.69, 9.17) is 14.3 Å². The van der Waals surface area contributed by atoms with E-state index in [9.17, 15) is 12.8 Å². The summed E-state index contributed by atoms with van der Waals surface area (Å²) in [6.45, 7) is 0.383. The van der Waals surface area contributed by atoms with Crippen LogP contribution in [0, 0.1) is 5.82 Å². The van der Waals surface area contributed by atoms with Crippen molar-refractivity contribution in [2.24, 2.45) is 5.14 Å². The minimum Gasteiger partial charge on any atom is -0.493 e. The van der Waals surface area contributed by atoms with Gasteiger partial charge in [-0.15, -0.1) is 0 Å². The molecule has 26 heavy (non-hydrogen) atoms. The number of sulfonamides is 1. The van der Waals surface area contributed by atoms with Gasteiger partial charge in [0.1, 0.15) is 11.6 Å². The van der Waals surface area contributed by atoms with Crippen LogP contribution in [0.3, 0.4) is 0 Å². The lowest BCUT2D eigenvalue weighted by Gasteiger charge is -2.05. The van der Waals surface area contributed by atoms with Gasteiger partial charge in [0.05, 0.1) is 17.7 Å². The maximum Gasteiger partial charge on any atom is 0.256 e. The second-order valence-electron chi connectivity index (χ2n) is 5.21. The van der Waals surface area contributed by atoms with Crippen molar-refractivity contribution in [2.45, 2.75) is 10.1 Å². The third-order valence-corrected chi connectivity index (χ3v) is 5.08. The highest BCUT2D eigenvalue weighted by molar-refractivity contribution is 7.99. The number of aromatic nitrogens is 1. The quantitative estimate of drug-likeness (QED) is 0.488. The zero-order valence-corrected chi connectivity index (χ0v) is 15.1. The number of benzene rings is 2. The smallest absolute Gasteiger partial charge is 0.256 e. The number of hydrogen-bond donors (Lipinski definition) is 1. The molecular weight excluding hydrogens is 379 g/mol. The summed E-state index contributed by atoms with van der Waals surface area (Å²) >= 11 is 1.37. The van der Waals surface area contributed by atoms with Crippen molar-refractivity contribution >= 4 is 21.8 Å². The van der Waals surface area contributed by atoms with Gasteiger partial charge in [0.2, 0.25) is 10.0 Å². The van der Waals surface area contributed by atoms with E-state index in [1.54, 1.807) is 30.5 Å². The normalized spacial score (nSPS) is 11.5. The maximum absolute atomic E-state index is 12.9. The molecule has 0 radical (unpaired) electrons. The molecule has 0 fully saturated rings. The van der Waals surface area contributed by atoms with Crippen molar-refractivity contribution in [2.75, 3.05) is 12.4 Å². The average molecular weight is 394 g/mol. The first kappa shape index (κ1) is 18.4. The Morgan fingerprint density at radius 2 is 1.81 bits per heavy atom. The third-order valence-electron chi connectivity index (χ3n) is 3.34. The molecule has 1 heterocycles. The number of hydrogen-bond acceptors (Lipinski definition) is 6. The molecule has 3 aromatic rings. The topological polar surface area (TPSA) is 95.4 Å². The molecule has 136 valence electrons. The van der Waals surface area contributed by atoms with E-state index in [0.717, 1.165) is 5.56 Å². The molecule has 0 unspecified atom stereocenters. The number of thioether (sulfide) groups is 1. The van der Waals surface area contributed by atoms with Crippen molar-refractivity contribution in [3.8, 4) is 17.1 Å². The van der Waals surface area contributed by atoms with Gasteiger partial charge in [-0.1, -0.05) is 11.8 Å². The standard InChI is InChI=1S/C17H15FN2O4S2/c18-13-3-1-12(2-4-13)16-11-20-17(24-16)25-10-9-23-14-5-7-15(8-6-14)26(19,21)22/h1-8,11H,9-10H2,(H2,19,21,22). The summed E-state index contributed by atoms with van der Waals surface area (Å²) in [4.78, 5) is 4.20. The Balaban J connectivity index is 1.49. The Hall–Kier alpha value is -2.36. The summed E-state index contributed by atoms with van der Waals surface area (Å²) in [5.74, 6) is 1.38. The molecular formula is C17H15FN2O4S2. The number of halogens is 1. The largest absolute Gasteiger partial charge is 0.493 e. The van der Waals surface area contributed by atoms with E-state index in [-0.39, 0.29) is 10.7 Å². The van der Waals surface area contributed by atoms with Crippen molar-refractivity contribution in [1.29, 1.82) is 0 Å². The molecule has 2 aromatic carbocycles. The number of primary sulfonamides is 1. The van der Waals surface area contributed by atoms with Gasteiger partial charge in [-0.25, -0.2) is 22.9 Å². The van der Waals surface area contributed by atoms with Crippen molar-refractivity contribution in [3.63, 3.8) is 0 Å². The number of nitrogens with zero attached hydrogens (tertiary/aromatic N) is 1. The van der Waals surface area contributed by atoms with Crippen LogP contribution < -0.4 is 9.88 Å². The van der Waals surface area contributed by atoms with Crippen LogP contribution in [-0.2, 0) is 10.0 Å². The second kappa shape index (κ2) is 7.90. The second-order valence-corrected chi connectivity index (χ2v) is 7.82. The van der Waals surface area contributed by atoms with Gasteiger partial charge in [0, 0.05) is 11.3 Å². The molecule has 0 spiro atoms. The van der Waals surface area contributed by atoms with Crippen molar-refractivity contribution < 1.29 is 22.0 Å². The summed E-state index contributed by atoms with van der Waals surface area (Å²) < 4.78 is 46.4. The number of oxazole rings is 1. The summed E-state index contributed by atoms with van der Waals surface area (Å²) in [6, 6.07) is 11.8. The molecule has 0 saturated heterocycles. The Morgan fingerprint density at radius 1 is 1.12 bits per heavy atom. The highest BCUT2D eigenvalue weighted by Crippen LogP contribution is 2.25. The van der Waals surface area contributed by atoms with Gasteiger partial charge >= 0.3 is 0 Å². The third kappa shape index (κ3) is 4.84. The van der Waals surface area contributed by atoms with E-state index in [2.05, 4.69) is 4.98 Å². The van der Waals surface area contributed by atoms with Gasteiger partial charge in [-0.2, -0.15) is 0 Å². The minimum atomic E-state index is -3.70. The summed E-state index contributed by atoms with van der Waals surface area (Å²) in [7, 11) is -3.70. The van der Waals surface area contributed by atoms with E-state index in [1.807, 2.05) is 0 Å². The van der Waals surface area contributed by atoms with Crippen LogP contribution in [0.5, 0.6) is 5.75 Å². The van der Waals surface area contributed by atoms with Crippen LogP contribution in [0.2, 0.25) is 0 Å². The fourth-order valence-electron chi connectivity index (χ4n) is 2.09.